The molecule has 0 fully saturated rings. The molecule has 0 spiro atoms. The number of Topliss-reactive ketones (excluding diaryl/α,β-unsaturated/α-hetero) is 1. The van der Waals surface area contributed by atoms with Crippen LogP contribution in [0.3, 0.4) is 0 Å². The van der Waals surface area contributed by atoms with E-state index in [2.05, 4.69) is 14.9 Å². The van der Waals surface area contributed by atoms with Gasteiger partial charge < -0.3 is 4.90 Å². The molecule has 30 heavy (non-hydrogen) atoms. The number of aromatic nitrogens is 2. The summed E-state index contributed by atoms with van der Waals surface area (Å²) in [7, 11) is 0. The van der Waals surface area contributed by atoms with Gasteiger partial charge in [-0.05, 0) is 42.9 Å². The van der Waals surface area contributed by atoms with E-state index in [-0.39, 0.29) is 17.8 Å². The van der Waals surface area contributed by atoms with Crippen LogP contribution >= 0.6 is 22.7 Å². The molecule has 154 valence electrons. The van der Waals surface area contributed by atoms with Gasteiger partial charge in [-0.25, -0.2) is 18.7 Å². The third kappa shape index (κ3) is 3.70. The van der Waals surface area contributed by atoms with E-state index in [0.717, 1.165) is 60.5 Å². The number of ketones is 1. The topological polar surface area (TPSA) is 46.1 Å². The quantitative estimate of drug-likeness (QED) is 0.513. The highest BCUT2D eigenvalue weighted by Gasteiger charge is 2.28. The van der Waals surface area contributed by atoms with Gasteiger partial charge in [-0.15, -0.1) is 22.7 Å². The fraction of sp³-hybridized carbons (Fsp3) is 0.318. The molecular weight excluding hydrogens is 424 g/mol. The monoisotopic (exact) mass is 443 g/mol. The van der Waals surface area contributed by atoms with Crippen molar-refractivity contribution < 1.29 is 13.6 Å². The Hall–Kier alpha value is -2.45. The number of rotatable bonds is 4. The molecule has 2 aliphatic rings. The van der Waals surface area contributed by atoms with Crippen LogP contribution in [-0.2, 0) is 12.8 Å². The molecule has 0 N–H and O–H groups in total. The van der Waals surface area contributed by atoms with Crippen molar-refractivity contribution >= 4 is 39.2 Å². The van der Waals surface area contributed by atoms with Crippen molar-refractivity contribution in [3.8, 4) is 0 Å². The Morgan fingerprint density at radius 2 is 2.10 bits per heavy atom. The Balaban J connectivity index is 1.43. The van der Waals surface area contributed by atoms with Crippen LogP contribution in [-0.4, -0.2) is 28.8 Å². The second-order valence-corrected chi connectivity index (χ2v) is 9.42. The van der Waals surface area contributed by atoms with Crippen LogP contribution in [0.4, 0.5) is 13.9 Å². The molecule has 1 aromatic carbocycles. The maximum atomic E-state index is 14.0. The Labute approximate surface area is 180 Å². The minimum absolute atomic E-state index is 0.115. The van der Waals surface area contributed by atoms with E-state index in [1.165, 1.54) is 34.6 Å². The van der Waals surface area contributed by atoms with Crippen molar-refractivity contribution in [3.63, 3.8) is 0 Å². The molecule has 0 unspecified atom stereocenters. The lowest BCUT2D eigenvalue weighted by atomic mass is 9.97. The zero-order valence-electron chi connectivity index (χ0n) is 16.2. The number of thiazole rings is 2. The smallest absolute Gasteiger partial charge is 0.195 e. The largest absolute Gasteiger partial charge is 0.343 e. The molecular formula is C22H19F2N3OS2. The standard InChI is InChI=1S/C22H19F2N3OS2/c23-15-5-4-14(17(24)11-15)10-19(28)21-26-18-3-1-2-13-6-8-27(22-25-7-9-29-22)12-16(13)20(18)30-21/h4-5,7,9,11H,1-3,6,8,10,12H2. The summed E-state index contributed by atoms with van der Waals surface area (Å²) in [5.41, 5.74) is 3.88. The molecule has 0 radical (unpaired) electrons. The first-order chi connectivity index (χ1) is 14.6. The highest BCUT2D eigenvalue weighted by atomic mass is 32.1. The molecule has 8 heteroatoms. The molecule has 0 saturated carbocycles. The van der Waals surface area contributed by atoms with Gasteiger partial charge in [0, 0.05) is 37.2 Å². The summed E-state index contributed by atoms with van der Waals surface area (Å²) < 4.78 is 27.1. The van der Waals surface area contributed by atoms with Crippen LogP contribution in [0.2, 0.25) is 0 Å². The van der Waals surface area contributed by atoms with Gasteiger partial charge in [0.25, 0.3) is 0 Å². The van der Waals surface area contributed by atoms with Crippen molar-refractivity contribution in [1.29, 1.82) is 0 Å². The lowest BCUT2D eigenvalue weighted by Crippen LogP contribution is -2.30. The molecule has 2 aromatic heterocycles. The lowest BCUT2D eigenvalue weighted by Gasteiger charge is -2.30. The summed E-state index contributed by atoms with van der Waals surface area (Å²) in [5.74, 6) is -1.57. The highest BCUT2D eigenvalue weighted by Crippen LogP contribution is 2.39. The first-order valence-corrected chi connectivity index (χ1v) is 11.6. The number of hydrogen-bond donors (Lipinski definition) is 0. The second-order valence-electron chi connectivity index (χ2n) is 7.55. The fourth-order valence-corrected chi connectivity index (χ4v) is 5.91. The van der Waals surface area contributed by atoms with Gasteiger partial charge in [0.05, 0.1) is 10.6 Å². The van der Waals surface area contributed by atoms with Crippen LogP contribution in [0.1, 0.15) is 45.2 Å². The van der Waals surface area contributed by atoms with E-state index in [9.17, 15) is 13.6 Å². The minimum Gasteiger partial charge on any atom is -0.343 e. The molecule has 3 aromatic rings. The van der Waals surface area contributed by atoms with Crippen molar-refractivity contribution in [2.24, 2.45) is 0 Å². The Bertz CT molecular complexity index is 1140. The third-order valence-corrected chi connectivity index (χ3v) is 7.65. The van der Waals surface area contributed by atoms with Crippen molar-refractivity contribution in [2.45, 2.75) is 32.1 Å². The average Bonchev–Trinajstić information content (AvgIpc) is 3.38. The Kier molecular flexibility index (Phi) is 5.20. The molecule has 0 atom stereocenters. The Morgan fingerprint density at radius 1 is 1.20 bits per heavy atom. The predicted octanol–water partition coefficient (Wildman–Crippen LogP) is 5.30. The number of anilines is 1. The number of halogens is 2. The van der Waals surface area contributed by atoms with Crippen LogP contribution < -0.4 is 4.90 Å². The molecule has 1 aliphatic heterocycles. The maximum absolute atomic E-state index is 14.0. The molecule has 0 bridgehead atoms. The van der Waals surface area contributed by atoms with Crippen molar-refractivity contribution in [2.75, 3.05) is 18.0 Å². The number of fused-ring (bicyclic) bond motifs is 2. The summed E-state index contributed by atoms with van der Waals surface area (Å²) in [4.78, 5) is 25.3. The third-order valence-electron chi connectivity index (χ3n) is 5.62. The van der Waals surface area contributed by atoms with E-state index in [1.807, 2.05) is 11.6 Å². The number of carbonyl (C=O) groups is 1. The van der Waals surface area contributed by atoms with Gasteiger partial charge in [0.2, 0.25) is 0 Å². The van der Waals surface area contributed by atoms with Gasteiger partial charge >= 0.3 is 0 Å². The van der Waals surface area contributed by atoms with Gasteiger partial charge in [-0.1, -0.05) is 11.6 Å². The van der Waals surface area contributed by atoms with Gasteiger partial charge in [0.15, 0.2) is 15.9 Å². The lowest BCUT2D eigenvalue weighted by molar-refractivity contribution is 0.0991. The summed E-state index contributed by atoms with van der Waals surface area (Å²) in [6, 6.07) is 3.32. The molecule has 0 amide bonds. The van der Waals surface area contributed by atoms with Crippen LogP contribution in [0.25, 0.3) is 5.57 Å². The summed E-state index contributed by atoms with van der Waals surface area (Å²) in [6.45, 7) is 1.73. The van der Waals surface area contributed by atoms with E-state index in [0.29, 0.717) is 5.01 Å². The SMILES string of the molecule is O=C(Cc1ccc(F)cc1F)c1nc2c(s1)C1=C(CCC2)CCN(c2nccs2)C1. The van der Waals surface area contributed by atoms with Gasteiger partial charge in [-0.3, -0.25) is 4.79 Å². The van der Waals surface area contributed by atoms with E-state index >= 15 is 0 Å². The molecule has 3 heterocycles. The maximum Gasteiger partial charge on any atom is 0.195 e. The predicted molar refractivity (Wildman–Crippen MR) is 115 cm³/mol. The summed E-state index contributed by atoms with van der Waals surface area (Å²) in [5, 5.41) is 3.40. The van der Waals surface area contributed by atoms with Gasteiger partial charge in [0.1, 0.15) is 11.6 Å². The van der Waals surface area contributed by atoms with Gasteiger partial charge in [-0.2, -0.15) is 0 Å². The van der Waals surface area contributed by atoms with E-state index in [4.69, 9.17) is 0 Å². The zero-order valence-corrected chi connectivity index (χ0v) is 17.8. The summed E-state index contributed by atoms with van der Waals surface area (Å²) >= 11 is 3.04. The zero-order chi connectivity index (χ0) is 20.7. The molecule has 5 rings (SSSR count). The normalized spacial score (nSPS) is 16.3. The van der Waals surface area contributed by atoms with Crippen molar-refractivity contribution in [1.82, 2.24) is 9.97 Å². The van der Waals surface area contributed by atoms with Crippen LogP contribution in [0.15, 0.2) is 35.3 Å². The second kappa shape index (κ2) is 8.00. The van der Waals surface area contributed by atoms with E-state index in [1.54, 1.807) is 11.3 Å². The average molecular weight is 444 g/mol. The fourth-order valence-electron chi connectivity index (χ4n) is 4.11. The first-order valence-electron chi connectivity index (χ1n) is 9.91. The highest BCUT2D eigenvalue weighted by molar-refractivity contribution is 7.15. The number of nitrogens with zero attached hydrogens (tertiary/aromatic N) is 3. The molecule has 1 aliphatic carbocycles. The number of benzene rings is 1. The number of aryl methyl sites for hydroxylation is 1. The van der Waals surface area contributed by atoms with Crippen LogP contribution in [0.5, 0.6) is 0 Å². The number of hydrogen-bond acceptors (Lipinski definition) is 6. The molecule has 0 saturated heterocycles. The van der Waals surface area contributed by atoms with Crippen molar-refractivity contribution in [3.05, 3.63) is 68.1 Å². The number of carbonyl (C=O) groups excluding carboxylic acids is 1. The molecule has 4 nitrogen and oxygen atoms in total. The summed E-state index contributed by atoms with van der Waals surface area (Å²) in [6.07, 6.45) is 5.63. The minimum atomic E-state index is -0.696. The van der Waals surface area contributed by atoms with Crippen LogP contribution in [0, 0.1) is 11.6 Å². The first kappa shape index (κ1) is 19.5. The van der Waals surface area contributed by atoms with E-state index < -0.39 is 11.6 Å². The Morgan fingerprint density at radius 3 is 2.90 bits per heavy atom.